The molecular weight excluding hydrogens is 374 g/mol. The van der Waals surface area contributed by atoms with Crippen molar-refractivity contribution in [2.45, 2.75) is 27.3 Å². The van der Waals surface area contributed by atoms with Crippen LogP contribution < -0.4 is 10.1 Å². The average molecular weight is 398 g/mol. The fourth-order valence-electron chi connectivity index (χ4n) is 2.77. The van der Waals surface area contributed by atoms with Gasteiger partial charge < -0.3 is 10.1 Å². The van der Waals surface area contributed by atoms with E-state index in [1.807, 2.05) is 49.5 Å². The van der Waals surface area contributed by atoms with Crippen LogP contribution >= 0.6 is 11.6 Å². The number of aromatic nitrogens is 2. The summed E-state index contributed by atoms with van der Waals surface area (Å²) in [6.45, 7) is 7.24. The van der Waals surface area contributed by atoms with E-state index in [-0.39, 0.29) is 5.91 Å². The highest BCUT2D eigenvalue weighted by Crippen LogP contribution is 2.24. The highest BCUT2D eigenvalue weighted by atomic mass is 35.5. The van der Waals surface area contributed by atoms with Crippen LogP contribution in [0.2, 0.25) is 5.02 Å². The van der Waals surface area contributed by atoms with Gasteiger partial charge in [0.2, 0.25) is 0 Å². The second kappa shape index (κ2) is 8.93. The Hall–Kier alpha value is -2.79. The first-order valence-electron chi connectivity index (χ1n) is 9.24. The molecule has 5 nitrogen and oxygen atoms in total. The van der Waals surface area contributed by atoms with E-state index < -0.39 is 0 Å². The lowest BCUT2D eigenvalue weighted by Gasteiger charge is -2.13. The summed E-state index contributed by atoms with van der Waals surface area (Å²) in [5.74, 6) is 1.54. The Kier molecular flexibility index (Phi) is 6.37. The molecule has 6 heteroatoms. The monoisotopic (exact) mass is 397 g/mol. The summed E-state index contributed by atoms with van der Waals surface area (Å²) in [6, 6.07) is 14.8. The van der Waals surface area contributed by atoms with Gasteiger partial charge in [-0.15, -0.1) is 0 Å². The third kappa shape index (κ3) is 5.14. The van der Waals surface area contributed by atoms with Crippen molar-refractivity contribution in [1.82, 2.24) is 9.78 Å². The number of halogens is 1. The number of hydrogen-bond acceptors (Lipinski definition) is 3. The minimum absolute atomic E-state index is 0.174. The van der Waals surface area contributed by atoms with Gasteiger partial charge in [-0.1, -0.05) is 43.6 Å². The molecule has 3 aromatic rings. The molecule has 28 heavy (non-hydrogen) atoms. The Bertz CT molecular complexity index is 966. The number of rotatable bonds is 7. The van der Waals surface area contributed by atoms with Crippen LogP contribution in [0.5, 0.6) is 5.75 Å². The van der Waals surface area contributed by atoms with E-state index in [4.69, 9.17) is 16.3 Å². The predicted octanol–water partition coefficient (Wildman–Crippen LogP) is 5.18. The van der Waals surface area contributed by atoms with E-state index in [0.29, 0.717) is 35.5 Å². The fourth-order valence-corrected chi connectivity index (χ4v) is 2.97. The molecule has 0 radical (unpaired) electrons. The molecule has 1 heterocycles. The van der Waals surface area contributed by atoms with Gasteiger partial charge in [0.25, 0.3) is 5.91 Å². The first-order valence-corrected chi connectivity index (χ1v) is 9.62. The number of amides is 1. The fraction of sp³-hybridized carbons (Fsp3) is 0.273. The molecule has 2 aromatic carbocycles. The van der Waals surface area contributed by atoms with Crippen LogP contribution in [0, 0.1) is 12.8 Å². The lowest BCUT2D eigenvalue weighted by molar-refractivity contribution is 0.102. The maximum absolute atomic E-state index is 12.5. The van der Waals surface area contributed by atoms with Crippen molar-refractivity contribution < 1.29 is 9.53 Å². The summed E-state index contributed by atoms with van der Waals surface area (Å²) in [6.07, 6.45) is 1.82. The normalized spacial score (nSPS) is 10.9. The van der Waals surface area contributed by atoms with Crippen LogP contribution in [0.25, 0.3) is 0 Å². The van der Waals surface area contributed by atoms with Gasteiger partial charge in [-0.25, -0.2) is 0 Å². The lowest BCUT2D eigenvalue weighted by Crippen LogP contribution is -2.14. The molecule has 0 atom stereocenters. The molecule has 3 rings (SSSR count). The molecule has 0 spiro atoms. The van der Waals surface area contributed by atoms with Gasteiger partial charge in [-0.05, 0) is 42.7 Å². The minimum atomic E-state index is -0.174. The number of anilines is 1. The van der Waals surface area contributed by atoms with Gasteiger partial charge >= 0.3 is 0 Å². The highest BCUT2D eigenvalue weighted by Gasteiger charge is 2.12. The summed E-state index contributed by atoms with van der Waals surface area (Å²) >= 11 is 6.16. The number of nitrogens with one attached hydrogen (secondary N) is 1. The Labute approximate surface area is 170 Å². The highest BCUT2D eigenvalue weighted by molar-refractivity contribution is 6.30. The summed E-state index contributed by atoms with van der Waals surface area (Å²) in [4.78, 5) is 12.5. The standard InChI is InChI=1S/C22H24ClN3O2/c1-15(2)14-28-20-9-8-18(23)12-17(20)13-26-11-10-21(25-26)24-22(27)19-7-5-4-6-16(19)3/h4-12,15H,13-14H2,1-3H3,(H,24,25,27). The molecule has 1 amide bonds. The van der Waals surface area contributed by atoms with Crippen molar-refractivity contribution in [1.29, 1.82) is 0 Å². The van der Waals surface area contributed by atoms with Crippen LogP contribution in [0.3, 0.4) is 0 Å². The van der Waals surface area contributed by atoms with Crippen molar-refractivity contribution in [2.75, 3.05) is 11.9 Å². The average Bonchev–Trinajstić information content (AvgIpc) is 3.08. The van der Waals surface area contributed by atoms with Crippen LogP contribution in [0.1, 0.15) is 35.3 Å². The molecule has 0 saturated carbocycles. The Morgan fingerprint density at radius 1 is 1.21 bits per heavy atom. The molecule has 0 aliphatic carbocycles. The summed E-state index contributed by atoms with van der Waals surface area (Å²) < 4.78 is 7.65. The van der Waals surface area contributed by atoms with Gasteiger partial charge in [0.1, 0.15) is 5.75 Å². The molecule has 146 valence electrons. The second-order valence-electron chi connectivity index (χ2n) is 7.12. The third-order valence-electron chi connectivity index (χ3n) is 4.20. The predicted molar refractivity (Wildman–Crippen MR) is 112 cm³/mol. The van der Waals surface area contributed by atoms with E-state index in [0.717, 1.165) is 16.9 Å². The second-order valence-corrected chi connectivity index (χ2v) is 7.56. The molecule has 0 aliphatic heterocycles. The molecule has 1 aromatic heterocycles. The Morgan fingerprint density at radius 3 is 2.75 bits per heavy atom. The van der Waals surface area contributed by atoms with E-state index in [1.54, 1.807) is 16.8 Å². The molecule has 0 saturated heterocycles. The van der Waals surface area contributed by atoms with Crippen molar-refractivity contribution in [3.8, 4) is 5.75 Å². The number of benzene rings is 2. The summed E-state index contributed by atoms with van der Waals surface area (Å²) in [5, 5.41) is 7.94. The van der Waals surface area contributed by atoms with Gasteiger partial charge in [0.15, 0.2) is 5.82 Å². The lowest BCUT2D eigenvalue weighted by atomic mass is 10.1. The Morgan fingerprint density at radius 2 is 2.00 bits per heavy atom. The van der Waals surface area contributed by atoms with Gasteiger partial charge in [-0.3, -0.25) is 9.48 Å². The van der Waals surface area contributed by atoms with Gasteiger partial charge in [0, 0.05) is 28.4 Å². The van der Waals surface area contributed by atoms with Crippen LogP contribution in [0.15, 0.2) is 54.7 Å². The quantitative estimate of drug-likeness (QED) is 0.597. The number of hydrogen-bond donors (Lipinski definition) is 1. The summed E-state index contributed by atoms with van der Waals surface area (Å²) in [7, 11) is 0. The molecule has 0 unspecified atom stereocenters. The van der Waals surface area contributed by atoms with Crippen molar-refractivity contribution in [2.24, 2.45) is 5.92 Å². The van der Waals surface area contributed by atoms with E-state index in [9.17, 15) is 4.79 Å². The zero-order valence-electron chi connectivity index (χ0n) is 16.3. The van der Waals surface area contributed by atoms with Crippen LogP contribution in [0.4, 0.5) is 5.82 Å². The summed E-state index contributed by atoms with van der Waals surface area (Å²) in [5.41, 5.74) is 2.49. The number of aryl methyl sites for hydroxylation is 1. The van der Waals surface area contributed by atoms with E-state index in [1.165, 1.54) is 0 Å². The zero-order chi connectivity index (χ0) is 20.1. The van der Waals surface area contributed by atoms with E-state index >= 15 is 0 Å². The SMILES string of the molecule is Cc1ccccc1C(=O)Nc1ccn(Cc2cc(Cl)ccc2OCC(C)C)n1. The third-order valence-corrected chi connectivity index (χ3v) is 4.43. The first kappa shape index (κ1) is 20.0. The molecular formula is C22H24ClN3O2. The number of carbonyl (C=O) groups excluding carboxylic acids is 1. The first-order chi connectivity index (χ1) is 13.4. The molecule has 0 aliphatic rings. The van der Waals surface area contributed by atoms with Gasteiger partial charge in [0.05, 0.1) is 13.2 Å². The maximum atomic E-state index is 12.5. The zero-order valence-corrected chi connectivity index (χ0v) is 17.0. The smallest absolute Gasteiger partial charge is 0.257 e. The van der Waals surface area contributed by atoms with Gasteiger partial charge in [-0.2, -0.15) is 5.10 Å². The largest absolute Gasteiger partial charge is 0.493 e. The molecule has 0 bridgehead atoms. The van der Waals surface area contributed by atoms with Crippen molar-refractivity contribution in [3.05, 3.63) is 76.4 Å². The maximum Gasteiger partial charge on any atom is 0.257 e. The number of carbonyl (C=O) groups is 1. The van der Waals surface area contributed by atoms with Crippen molar-refractivity contribution >= 4 is 23.3 Å². The number of ether oxygens (including phenoxy) is 1. The van der Waals surface area contributed by atoms with Crippen molar-refractivity contribution in [3.63, 3.8) is 0 Å². The molecule has 1 N–H and O–H groups in total. The Balaban J connectivity index is 1.72. The number of nitrogens with zero attached hydrogens (tertiary/aromatic N) is 2. The van der Waals surface area contributed by atoms with Crippen LogP contribution in [-0.4, -0.2) is 22.3 Å². The van der Waals surface area contributed by atoms with E-state index in [2.05, 4.69) is 24.3 Å². The minimum Gasteiger partial charge on any atom is -0.493 e. The van der Waals surface area contributed by atoms with Crippen LogP contribution in [-0.2, 0) is 6.54 Å². The topological polar surface area (TPSA) is 56.2 Å². The molecule has 0 fully saturated rings.